The third kappa shape index (κ3) is 8.61. The van der Waals surface area contributed by atoms with Crippen LogP contribution in [0.15, 0.2) is 30.3 Å². The van der Waals surface area contributed by atoms with E-state index in [0.29, 0.717) is 32.2 Å². The summed E-state index contributed by atoms with van der Waals surface area (Å²) >= 11 is 0. The number of carbonyl (C=O) groups is 5. The average Bonchev–Trinajstić information content (AvgIpc) is 3.33. The summed E-state index contributed by atoms with van der Waals surface area (Å²) in [5.41, 5.74) is 17.7. The van der Waals surface area contributed by atoms with Crippen molar-refractivity contribution in [3.8, 4) is 0 Å². The number of rotatable bonds is 14. The average molecular weight is 505 g/mol. The number of hydrogen-bond donors (Lipinski definition) is 6. The molecule has 0 radical (unpaired) electrons. The van der Waals surface area contributed by atoms with E-state index >= 15 is 0 Å². The zero-order chi connectivity index (χ0) is 26.7. The lowest BCUT2D eigenvalue weighted by molar-refractivity contribution is -0.149. The van der Waals surface area contributed by atoms with Gasteiger partial charge in [-0.3, -0.25) is 19.2 Å². The number of primary amides is 1. The van der Waals surface area contributed by atoms with Crippen molar-refractivity contribution in [3.63, 3.8) is 0 Å². The van der Waals surface area contributed by atoms with Crippen molar-refractivity contribution >= 4 is 29.6 Å². The van der Waals surface area contributed by atoms with Crippen molar-refractivity contribution in [3.05, 3.63) is 35.9 Å². The molecule has 198 valence electrons. The van der Waals surface area contributed by atoms with Crippen molar-refractivity contribution in [1.82, 2.24) is 15.5 Å². The second kappa shape index (κ2) is 14.1. The van der Waals surface area contributed by atoms with Crippen LogP contribution in [-0.4, -0.2) is 76.9 Å². The normalized spacial score (nSPS) is 17.6. The number of aliphatic carboxylic acids is 1. The summed E-state index contributed by atoms with van der Waals surface area (Å²) < 4.78 is 0. The molecule has 12 heteroatoms. The fourth-order valence-electron chi connectivity index (χ4n) is 4.16. The van der Waals surface area contributed by atoms with Crippen molar-refractivity contribution in [2.75, 3.05) is 13.1 Å². The molecule has 12 nitrogen and oxygen atoms in total. The van der Waals surface area contributed by atoms with E-state index in [9.17, 15) is 29.1 Å². The summed E-state index contributed by atoms with van der Waals surface area (Å²) in [4.78, 5) is 63.4. The van der Waals surface area contributed by atoms with Gasteiger partial charge in [0.05, 0.1) is 12.5 Å². The van der Waals surface area contributed by atoms with Crippen LogP contribution in [0.1, 0.15) is 44.1 Å². The lowest BCUT2D eigenvalue weighted by atomic mass is 10.0. The molecule has 1 fully saturated rings. The van der Waals surface area contributed by atoms with Crippen LogP contribution in [0.4, 0.5) is 0 Å². The van der Waals surface area contributed by atoms with E-state index in [0.717, 1.165) is 5.56 Å². The van der Waals surface area contributed by atoms with Gasteiger partial charge in [0.25, 0.3) is 0 Å². The quantitative estimate of drug-likeness (QED) is 0.166. The lowest BCUT2D eigenvalue weighted by Gasteiger charge is -2.29. The van der Waals surface area contributed by atoms with Crippen LogP contribution >= 0.6 is 0 Å². The fourth-order valence-corrected chi connectivity index (χ4v) is 4.16. The van der Waals surface area contributed by atoms with Gasteiger partial charge in [0.15, 0.2) is 0 Å². The topological polar surface area (TPSA) is 211 Å². The number of nitrogens with one attached hydrogen (secondary N) is 2. The molecule has 0 saturated carbocycles. The van der Waals surface area contributed by atoms with Crippen LogP contribution in [0, 0.1) is 0 Å². The molecular formula is C24H36N6O6. The molecule has 1 heterocycles. The number of hydrogen-bond acceptors (Lipinski definition) is 7. The van der Waals surface area contributed by atoms with Crippen LogP contribution in [-0.2, 0) is 30.4 Å². The molecule has 0 bridgehead atoms. The Labute approximate surface area is 209 Å². The number of carbonyl (C=O) groups excluding carboxylic acids is 4. The first-order valence-corrected chi connectivity index (χ1v) is 12.1. The standard InChI is InChI=1S/C24H36N6O6/c25-11-5-4-9-17(23(34)30-12-6-10-19(30)24(35)36)28-22(33)18(14-20(27)31)29-21(32)16(26)13-15-7-2-1-3-8-15/h1-3,7-8,16-19H,4-6,9-14,25-26H2,(H2,27,31)(H,28,33)(H,29,32)(H,35,36). The number of unbranched alkanes of at least 4 members (excludes halogenated alkanes) is 1. The predicted octanol–water partition coefficient (Wildman–Crippen LogP) is -1.39. The predicted molar refractivity (Wildman–Crippen MR) is 131 cm³/mol. The summed E-state index contributed by atoms with van der Waals surface area (Å²) in [5.74, 6) is -3.92. The van der Waals surface area contributed by atoms with Crippen LogP contribution in [0.2, 0.25) is 0 Å². The highest BCUT2D eigenvalue weighted by Gasteiger charge is 2.38. The maximum atomic E-state index is 13.2. The number of carboxylic acid groups (broad SMARTS) is 1. The minimum atomic E-state index is -1.35. The molecular weight excluding hydrogens is 468 g/mol. The number of benzene rings is 1. The molecule has 0 spiro atoms. The Morgan fingerprint density at radius 3 is 2.31 bits per heavy atom. The highest BCUT2D eigenvalue weighted by molar-refractivity contribution is 5.96. The number of likely N-dealkylation sites (tertiary alicyclic amines) is 1. The number of nitrogens with two attached hydrogens (primary N) is 3. The Balaban J connectivity index is 2.12. The molecule has 1 aromatic carbocycles. The van der Waals surface area contributed by atoms with Gasteiger partial charge >= 0.3 is 5.97 Å². The summed E-state index contributed by atoms with van der Waals surface area (Å²) in [6, 6.07) is 4.70. The minimum absolute atomic E-state index is 0.212. The van der Waals surface area contributed by atoms with E-state index in [1.54, 1.807) is 24.3 Å². The van der Waals surface area contributed by atoms with Crippen LogP contribution in [0.5, 0.6) is 0 Å². The SMILES string of the molecule is NCCCCC(NC(=O)C(CC(N)=O)NC(=O)C(N)Cc1ccccc1)C(=O)N1CCCC1C(=O)O. The first-order valence-electron chi connectivity index (χ1n) is 12.1. The second-order valence-electron chi connectivity index (χ2n) is 8.90. The maximum absolute atomic E-state index is 13.2. The van der Waals surface area contributed by atoms with Crippen molar-refractivity contribution in [1.29, 1.82) is 0 Å². The molecule has 4 amide bonds. The van der Waals surface area contributed by atoms with Crippen LogP contribution in [0.3, 0.4) is 0 Å². The first kappa shape index (κ1) is 28.7. The molecule has 9 N–H and O–H groups in total. The molecule has 0 aliphatic carbocycles. The molecule has 1 aliphatic heterocycles. The largest absolute Gasteiger partial charge is 0.480 e. The minimum Gasteiger partial charge on any atom is -0.480 e. The van der Waals surface area contributed by atoms with Crippen molar-refractivity contribution in [2.24, 2.45) is 17.2 Å². The maximum Gasteiger partial charge on any atom is 0.326 e. The summed E-state index contributed by atoms with van der Waals surface area (Å²) in [6.45, 7) is 0.644. The van der Waals surface area contributed by atoms with Gasteiger partial charge in [-0.15, -0.1) is 0 Å². The zero-order valence-corrected chi connectivity index (χ0v) is 20.2. The summed E-state index contributed by atoms with van der Waals surface area (Å²) in [5, 5.41) is 14.5. The lowest BCUT2D eigenvalue weighted by Crippen LogP contribution is -2.58. The summed E-state index contributed by atoms with van der Waals surface area (Å²) in [7, 11) is 0. The van der Waals surface area contributed by atoms with E-state index in [-0.39, 0.29) is 19.4 Å². The highest BCUT2D eigenvalue weighted by Crippen LogP contribution is 2.20. The van der Waals surface area contributed by atoms with E-state index in [4.69, 9.17) is 17.2 Å². The van der Waals surface area contributed by atoms with Gasteiger partial charge in [-0.25, -0.2) is 4.79 Å². The summed E-state index contributed by atoms with van der Waals surface area (Å²) in [6.07, 6.45) is 1.89. The Bertz CT molecular complexity index is 927. The zero-order valence-electron chi connectivity index (χ0n) is 20.2. The van der Waals surface area contributed by atoms with E-state index in [2.05, 4.69) is 10.6 Å². The van der Waals surface area contributed by atoms with Gasteiger partial charge in [-0.05, 0) is 50.6 Å². The number of nitrogens with zero attached hydrogens (tertiary/aromatic N) is 1. The van der Waals surface area contributed by atoms with E-state index in [1.807, 2.05) is 6.07 Å². The fraction of sp³-hybridized carbons (Fsp3) is 0.542. The van der Waals surface area contributed by atoms with Crippen LogP contribution in [0.25, 0.3) is 0 Å². The molecule has 4 unspecified atom stereocenters. The van der Waals surface area contributed by atoms with E-state index < -0.39 is 60.2 Å². The molecule has 2 rings (SSSR count). The smallest absolute Gasteiger partial charge is 0.326 e. The van der Waals surface area contributed by atoms with Gasteiger partial charge in [0.1, 0.15) is 18.1 Å². The van der Waals surface area contributed by atoms with Gasteiger partial charge in [0.2, 0.25) is 23.6 Å². The molecule has 36 heavy (non-hydrogen) atoms. The van der Waals surface area contributed by atoms with E-state index in [1.165, 1.54) is 4.90 Å². The monoisotopic (exact) mass is 504 g/mol. The molecule has 1 aromatic rings. The molecule has 4 atom stereocenters. The highest BCUT2D eigenvalue weighted by atomic mass is 16.4. The first-order chi connectivity index (χ1) is 17.1. The third-order valence-electron chi connectivity index (χ3n) is 6.06. The molecule has 0 aromatic heterocycles. The van der Waals surface area contributed by atoms with Gasteiger partial charge in [-0.2, -0.15) is 0 Å². The Morgan fingerprint density at radius 1 is 1.03 bits per heavy atom. The van der Waals surface area contributed by atoms with Crippen LogP contribution < -0.4 is 27.8 Å². The Hall–Kier alpha value is -3.51. The molecule has 1 aliphatic rings. The Morgan fingerprint density at radius 2 is 1.69 bits per heavy atom. The van der Waals surface area contributed by atoms with Gasteiger partial charge in [0, 0.05) is 6.54 Å². The van der Waals surface area contributed by atoms with Gasteiger partial charge < -0.3 is 37.8 Å². The molecule has 1 saturated heterocycles. The van der Waals surface area contributed by atoms with Crippen molar-refractivity contribution < 1.29 is 29.1 Å². The van der Waals surface area contributed by atoms with Gasteiger partial charge in [-0.1, -0.05) is 30.3 Å². The second-order valence-corrected chi connectivity index (χ2v) is 8.90. The van der Waals surface area contributed by atoms with Crippen molar-refractivity contribution in [2.45, 2.75) is 69.1 Å². The Kier molecular flexibility index (Phi) is 11.3. The number of carboxylic acids is 1. The third-order valence-corrected chi connectivity index (χ3v) is 6.06. The number of amides is 4.